The molecule has 1 heterocycles. The van der Waals surface area contributed by atoms with Gasteiger partial charge in [-0.3, -0.25) is 0 Å². The molecule has 2 aromatic rings. The van der Waals surface area contributed by atoms with E-state index >= 15 is 0 Å². The highest BCUT2D eigenvalue weighted by Crippen LogP contribution is 2.20. The molecule has 0 aliphatic heterocycles. The average Bonchev–Trinajstić information content (AvgIpc) is 2.84. The number of sulfone groups is 1. The van der Waals surface area contributed by atoms with Gasteiger partial charge in [0.1, 0.15) is 0 Å². The first-order chi connectivity index (χ1) is 9.00. The van der Waals surface area contributed by atoms with E-state index in [0.717, 1.165) is 12.8 Å². The third kappa shape index (κ3) is 3.39. The van der Waals surface area contributed by atoms with Gasteiger partial charge >= 0.3 is 0 Å². The van der Waals surface area contributed by atoms with Crippen LogP contribution in [0.5, 0.6) is 0 Å². The molecule has 0 saturated carbocycles. The highest BCUT2D eigenvalue weighted by atomic mass is 32.2. The molecule has 1 aromatic heterocycles. The summed E-state index contributed by atoms with van der Waals surface area (Å²) in [6.07, 6.45) is 1.16. The zero-order valence-corrected chi connectivity index (χ0v) is 11.6. The van der Waals surface area contributed by atoms with Crippen molar-refractivity contribution in [2.24, 2.45) is 0 Å². The Morgan fingerprint density at radius 2 is 2.16 bits per heavy atom. The molecule has 2 rings (SSSR count). The van der Waals surface area contributed by atoms with Gasteiger partial charge < -0.3 is 9.84 Å². The minimum absolute atomic E-state index is 0.233. The zero-order chi connectivity index (χ0) is 13.9. The van der Waals surface area contributed by atoms with Crippen molar-refractivity contribution >= 4 is 9.84 Å². The van der Waals surface area contributed by atoms with E-state index in [0.29, 0.717) is 23.8 Å². The normalized spacial score (nSPS) is 11.7. The van der Waals surface area contributed by atoms with Crippen LogP contribution in [0.1, 0.15) is 12.7 Å². The number of benzene rings is 1. The van der Waals surface area contributed by atoms with Crippen LogP contribution in [0.15, 0.2) is 33.7 Å². The lowest BCUT2D eigenvalue weighted by Gasteiger charge is -1.99. The molecule has 6 nitrogen and oxygen atoms in total. The fraction of sp³-hybridized carbons (Fsp3) is 0.333. The molecular weight excluding hydrogens is 266 g/mol. The van der Waals surface area contributed by atoms with Crippen molar-refractivity contribution in [2.75, 3.05) is 12.8 Å². The van der Waals surface area contributed by atoms with Crippen LogP contribution in [-0.2, 0) is 16.4 Å². The molecule has 0 radical (unpaired) electrons. The lowest BCUT2D eigenvalue weighted by atomic mass is 10.2. The summed E-state index contributed by atoms with van der Waals surface area (Å²) in [5, 5.41) is 6.91. The van der Waals surface area contributed by atoms with Gasteiger partial charge in [-0.2, -0.15) is 4.98 Å². The fourth-order valence-electron chi connectivity index (χ4n) is 1.54. The Morgan fingerprint density at radius 3 is 2.84 bits per heavy atom. The van der Waals surface area contributed by atoms with Crippen molar-refractivity contribution in [1.82, 2.24) is 15.5 Å². The second kappa shape index (κ2) is 5.50. The quantitative estimate of drug-likeness (QED) is 0.887. The minimum atomic E-state index is -3.24. The van der Waals surface area contributed by atoms with Crippen LogP contribution >= 0.6 is 0 Å². The Morgan fingerprint density at radius 1 is 1.37 bits per heavy atom. The third-order valence-corrected chi connectivity index (χ3v) is 3.62. The van der Waals surface area contributed by atoms with Gasteiger partial charge in [-0.1, -0.05) is 18.1 Å². The Kier molecular flexibility index (Phi) is 3.96. The highest BCUT2D eigenvalue weighted by molar-refractivity contribution is 7.90. The number of aromatic nitrogens is 2. The molecule has 0 unspecified atom stereocenters. The Hall–Kier alpha value is -1.73. The molecule has 1 aromatic carbocycles. The maximum absolute atomic E-state index is 11.5. The minimum Gasteiger partial charge on any atom is -0.334 e. The average molecular weight is 281 g/mol. The van der Waals surface area contributed by atoms with Crippen molar-refractivity contribution in [2.45, 2.75) is 18.4 Å². The summed E-state index contributed by atoms with van der Waals surface area (Å²) in [4.78, 5) is 4.44. The van der Waals surface area contributed by atoms with E-state index in [9.17, 15) is 8.42 Å². The largest absolute Gasteiger partial charge is 0.334 e. The molecule has 1 N–H and O–H groups in total. The second-order valence-corrected chi connectivity index (χ2v) is 6.11. The summed E-state index contributed by atoms with van der Waals surface area (Å²) < 4.78 is 28.1. The molecular formula is C12H15N3O3S. The number of nitrogens with one attached hydrogen (secondary N) is 1. The third-order valence-electron chi connectivity index (χ3n) is 2.51. The van der Waals surface area contributed by atoms with Gasteiger partial charge in [0.25, 0.3) is 5.89 Å². The SMILES string of the molecule is CCNCc1noc(-c2cccc(S(C)(=O)=O)c2)n1. The van der Waals surface area contributed by atoms with Crippen LogP contribution in [0.25, 0.3) is 11.5 Å². The summed E-state index contributed by atoms with van der Waals surface area (Å²) >= 11 is 0. The highest BCUT2D eigenvalue weighted by Gasteiger charge is 2.12. The molecule has 7 heteroatoms. The molecule has 0 bridgehead atoms. The van der Waals surface area contributed by atoms with Gasteiger partial charge in [0, 0.05) is 11.8 Å². The van der Waals surface area contributed by atoms with Gasteiger partial charge in [0.05, 0.1) is 11.4 Å². The summed E-state index contributed by atoms with van der Waals surface area (Å²) in [5.41, 5.74) is 0.596. The Labute approximate surface area is 111 Å². The molecule has 102 valence electrons. The Bertz CT molecular complexity index is 664. The lowest BCUT2D eigenvalue weighted by molar-refractivity contribution is 0.420. The standard InChI is InChI=1S/C12H15N3O3S/c1-3-13-8-11-14-12(18-15-11)9-5-4-6-10(7-9)19(2,16)17/h4-7,13H,3,8H2,1-2H3. The van der Waals surface area contributed by atoms with Crippen molar-refractivity contribution in [3.63, 3.8) is 0 Å². The van der Waals surface area contributed by atoms with Crippen LogP contribution in [0, 0.1) is 0 Å². The summed E-state index contributed by atoms with van der Waals surface area (Å²) in [7, 11) is -3.24. The van der Waals surface area contributed by atoms with Crippen LogP contribution in [-0.4, -0.2) is 31.4 Å². The fourth-order valence-corrected chi connectivity index (χ4v) is 2.21. The topological polar surface area (TPSA) is 85.1 Å². The van der Waals surface area contributed by atoms with Crippen LogP contribution in [0.4, 0.5) is 0 Å². The molecule has 19 heavy (non-hydrogen) atoms. The monoisotopic (exact) mass is 281 g/mol. The molecule has 0 atom stereocenters. The van der Waals surface area contributed by atoms with Gasteiger partial charge in [-0.15, -0.1) is 0 Å². The van der Waals surface area contributed by atoms with E-state index in [2.05, 4.69) is 15.5 Å². The van der Waals surface area contributed by atoms with Crippen molar-refractivity contribution in [3.8, 4) is 11.5 Å². The summed E-state index contributed by atoms with van der Waals surface area (Å²) in [5.74, 6) is 0.861. The molecule has 0 fully saturated rings. The maximum Gasteiger partial charge on any atom is 0.258 e. The van der Waals surface area contributed by atoms with Gasteiger partial charge in [0.15, 0.2) is 15.7 Å². The van der Waals surface area contributed by atoms with E-state index in [1.54, 1.807) is 12.1 Å². The lowest BCUT2D eigenvalue weighted by Crippen LogP contribution is -2.12. The van der Waals surface area contributed by atoms with E-state index in [-0.39, 0.29) is 4.90 Å². The molecule has 0 spiro atoms. The van der Waals surface area contributed by atoms with Crippen molar-refractivity contribution in [3.05, 3.63) is 30.1 Å². The number of hydrogen-bond donors (Lipinski definition) is 1. The van der Waals surface area contributed by atoms with Crippen LogP contribution in [0.2, 0.25) is 0 Å². The zero-order valence-electron chi connectivity index (χ0n) is 10.8. The number of nitrogens with zero attached hydrogens (tertiary/aromatic N) is 2. The predicted molar refractivity (Wildman–Crippen MR) is 70.2 cm³/mol. The van der Waals surface area contributed by atoms with E-state index in [1.165, 1.54) is 12.1 Å². The van der Waals surface area contributed by atoms with Gasteiger partial charge in [-0.05, 0) is 24.7 Å². The molecule has 0 aliphatic rings. The van der Waals surface area contributed by atoms with E-state index in [1.807, 2.05) is 6.92 Å². The van der Waals surface area contributed by atoms with Gasteiger partial charge in [0.2, 0.25) is 0 Å². The smallest absolute Gasteiger partial charge is 0.258 e. The van der Waals surface area contributed by atoms with E-state index in [4.69, 9.17) is 4.52 Å². The molecule has 0 aliphatic carbocycles. The van der Waals surface area contributed by atoms with Crippen LogP contribution < -0.4 is 5.32 Å². The Balaban J connectivity index is 2.29. The maximum atomic E-state index is 11.5. The van der Waals surface area contributed by atoms with Crippen molar-refractivity contribution in [1.29, 1.82) is 0 Å². The molecule has 0 saturated heterocycles. The van der Waals surface area contributed by atoms with Gasteiger partial charge in [-0.25, -0.2) is 8.42 Å². The first-order valence-corrected chi connectivity index (χ1v) is 7.73. The second-order valence-electron chi connectivity index (χ2n) is 4.10. The number of rotatable bonds is 5. The molecule has 0 amide bonds. The first kappa shape index (κ1) is 13.7. The van der Waals surface area contributed by atoms with E-state index < -0.39 is 9.84 Å². The number of hydrogen-bond acceptors (Lipinski definition) is 6. The van der Waals surface area contributed by atoms with Crippen LogP contribution in [0.3, 0.4) is 0 Å². The van der Waals surface area contributed by atoms with Crippen molar-refractivity contribution < 1.29 is 12.9 Å². The summed E-state index contributed by atoms with van der Waals surface area (Å²) in [6.45, 7) is 3.32. The first-order valence-electron chi connectivity index (χ1n) is 5.84. The predicted octanol–water partition coefficient (Wildman–Crippen LogP) is 1.25. The summed E-state index contributed by atoms with van der Waals surface area (Å²) in [6, 6.07) is 6.45.